The number of hydrogen-bond donors (Lipinski definition) is 1. The summed E-state index contributed by atoms with van der Waals surface area (Å²) < 4.78 is 10.8. The highest BCUT2D eigenvalue weighted by atomic mass is 32.2. The molecule has 0 saturated carbocycles. The fourth-order valence-corrected chi connectivity index (χ4v) is 4.25. The fourth-order valence-electron chi connectivity index (χ4n) is 2.97. The van der Waals surface area contributed by atoms with E-state index in [0.29, 0.717) is 44.6 Å². The summed E-state index contributed by atoms with van der Waals surface area (Å²) in [5, 5.41) is 3.53. The fraction of sp³-hybridized carbons (Fsp3) is 0.143. The number of anilines is 1. The van der Waals surface area contributed by atoms with E-state index in [4.69, 9.17) is 21.1 Å². The van der Waals surface area contributed by atoms with Crippen LogP contribution in [0, 0.1) is 0 Å². The summed E-state index contributed by atoms with van der Waals surface area (Å²) >= 11 is 6.51. The van der Waals surface area contributed by atoms with E-state index in [0.717, 1.165) is 0 Å². The van der Waals surface area contributed by atoms with Gasteiger partial charge in [-0.25, -0.2) is 4.79 Å². The molecule has 152 valence electrons. The molecule has 30 heavy (non-hydrogen) atoms. The van der Waals surface area contributed by atoms with Crippen LogP contribution in [0.2, 0.25) is 0 Å². The molecule has 4 rings (SSSR count). The van der Waals surface area contributed by atoms with Crippen molar-refractivity contribution < 1.29 is 18.4 Å². The molecule has 1 aliphatic rings. The lowest BCUT2D eigenvalue weighted by atomic mass is 10.2. The van der Waals surface area contributed by atoms with Crippen LogP contribution in [-0.2, 0) is 9.59 Å². The molecule has 0 radical (unpaired) electrons. The monoisotopic (exact) mass is 440 g/mol. The molecule has 9 heteroatoms. The predicted octanol–water partition coefficient (Wildman–Crippen LogP) is 4.01. The van der Waals surface area contributed by atoms with Crippen molar-refractivity contribution in [1.82, 2.24) is 4.90 Å². The molecule has 7 nitrogen and oxygen atoms in total. The van der Waals surface area contributed by atoms with Crippen LogP contribution in [0.25, 0.3) is 17.0 Å². The Labute approximate surface area is 180 Å². The summed E-state index contributed by atoms with van der Waals surface area (Å²) in [6.07, 6.45) is 3.90. The van der Waals surface area contributed by atoms with Crippen LogP contribution >= 0.6 is 24.0 Å². The molecule has 3 aromatic rings. The lowest BCUT2D eigenvalue weighted by Gasteiger charge is -2.14. The summed E-state index contributed by atoms with van der Waals surface area (Å²) in [5.74, 6) is 0.227. The Balaban J connectivity index is 1.31. The number of hydrogen-bond acceptors (Lipinski definition) is 7. The van der Waals surface area contributed by atoms with Crippen LogP contribution in [-0.4, -0.2) is 27.6 Å². The SMILES string of the molecule is O=C(CCCN1C(=O)/C(=C\c2ccco2)SC1=S)Nc1ccc2oc(=O)ccc2c1. The first-order valence-corrected chi connectivity index (χ1v) is 10.3. The van der Waals surface area contributed by atoms with Gasteiger partial charge in [0.15, 0.2) is 0 Å². The first-order valence-electron chi connectivity index (χ1n) is 9.12. The molecule has 1 aliphatic heterocycles. The third kappa shape index (κ3) is 4.52. The molecular formula is C21H16N2O5S2. The van der Waals surface area contributed by atoms with Crippen molar-refractivity contribution >= 4 is 62.8 Å². The number of thioether (sulfide) groups is 1. The lowest BCUT2D eigenvalue weighted by molar-refractivity contribution is -0.122. The van der Waals surface area contributed by atoms with Gasteiger partial charge in [-0.15, -0.1) is 0 Å². The van der Waals surface area contributed by atoms with Crippen molar-refractivity contribution in [3.8, 4) is 0 Å². The van der Waals surface area contributed by atoms with E-state index in [1.165, 1.54) is 29.0 Å². The summed E-state index contributed by atoms with van der Waals surface area (Å²) in [6, 6.07) is 11.5. The van der Waals surface area contributed by atoms with E-state index >= 15 is 0 Å². The van der Waals surface area contributed by atoms with Crippen molar-refractivity contribution in [2.24, 2.45) is 0 Å². The van der Waals surface area contributed by atoms with Gasteiger partial charge in [-0.3, -0.25) is 14.5 Å². The zero-order valence-electron chi connectivity index (χ0n) is 15.6. The predicted molar refractivity (Wildman–Crippen MR) is 119 cm³/mol. The van der Waals surface area contributed by atoms with Crippen molar-refractivity contribution in [3.63, 3.8) is 0 Å². The molecule has 0 aliphatic carbocycles. The number of fused-ring (bicyclic) bond motifs is 1. The molecule has 0 bridgehead atoms. The molecule has 0 atom stereocenters. The number of furan rings is 1. The first-order chi connectivity index (χ1) is 14.5. The van der Waals surface area contributed by atoms with E-state index in [1.54, 1.807) is 42.5 Å². The molecule has 1 fully saturated rings. The number of amides is 2. The second kappa shape index (κ2) is 8.68. The second-order valence-corrected chi connectivity index (χ2v) is 8.18. The van der Waals surface area contributed by atoms with Crippen LogP contribution in [0.15, 0.2) is 67.3 Å². The molecule has 0 spiro atoms. The van der Waals surface area contributed by atoms with Crippen molar-refractivity contribution in [1.29, 1.82) is 0 Å². The molecule has 3 heterocycles. The minimum absolute atomic E-state index is 0.177. The Morgan fingerprint density at radius 1 is 1.20 bits per heavy atom. The Morgan fingerprint density at radius 3 is 2.87 bits per heavy atom. The van der Waals surface area contributed by atoms with E-state index in [-0.39, 0.29) is 18.2 Å². The van der Waals surface area contributed by atoms with Crippen LogP contribution in [0.5, 0.6) is 0 Å². The Kier molecular flexibility index (Phi) is 5.82. The highest BCUT2D eigenvalue weighted by Gasteiger charge is 2.31. The number of nitrogens with one attached hydrogen (secondary N) is 1. The van der Waals surface area contributed by atoms with Gasteiger partial charge in [0.05, 0.1) is 11.2 Å². The minimum Gasteiger partial charge on any atom is -0.465 e. The smallest absolute Gasteiger partial charge is 0.336 e. The maximum absolute atomic E-state index is 12.5. The zero-order valence-corrected chi connectivity index (χ0v) is 17.3. The number of carbonyl (C=O) groups excluding carboxylic acids is 2. The third-order valence-electron chi connectivity index (χ3n) is 4.38. The number of benzene rings is 1. The van der Waals surface area contributed by atoms with Gasteiger partial charge >= 0.3 is 5.63 Å². The standard InChI is InChI=1S/C21H16N2O5S2/c24-18(22-14-6-7-16-13(11-14)5-8-19(25)28-16)4-1-9-23-20(26)17(30-21(23)29)12-15-3-2-10-27-15/h2-3,5-8,10-12H,1,4,9H2,(H,22,24)/b17-12+. The largest absolute Gasteiger partial charge is 0.465 e. The zero-order chi connectivity index (χ0) is 21.1. The molecule has 1 N–H and O–H groups in total. The second-order valence-electron chi connectivity index (χ2n) is 6.51. The summed E-state index contributed by atoms with van der Waals surface area (Å²) in [6.45, 7) is 0.358. The average Bonchev–Trinajstić information content (AvgIpc) is 3.32. The maximum atomic E-state index is 12.5. The van der Waals surface area contributed by atoms with Crippen LogP contribution < -0.4 is 10.9 Å². The summed E-state index contributed by atoms with van der Waals surface area (Å²) in [7, 11) is 0. The summed E-state index contributed by atoms with van der Waals surface area (Å²) in [4.78, 5) is 38.0. The van der Waals surface area contributed by atoms with Gasteiger partial charge in [0.25, 0.3) is 5.91 Å². The van der Waals surface area contributed by atoms with Crippen molar-refractivity contribution in [3.05, 3.63) is 69.8 Å². The molecule has 0 unspecified atom stereocenters. The molecule has 2 aromatic heterocycles. The number of nitrogens with zero attached hydrogens (tertiary/aromatic N) is 1. The lowest BCUT2D eigenvalue weighted by Crippen LogP contribution is -2.29. The normalized spacial score (nSPS) is 15.3. The van der Waals surface area contributed by atoms with E-state index in [9.17, 15) is 14.4 Å². The van der Waals surface area contributed by atoms with Crippen LogP contribution in [0.1, 0.15) is 18.6 Å². The molecule has 2 amide bonds. The molecular weight excluding hydrogens is 424 g/mol. The first kappa shape index (κ1) is 20.1. The van der Waals surface area contributed by atoms with Gasteiger partial charge in [0.1, 0.15) is 15.7 Å². The van der Waals surface area contributed by atoms with Gasteiger partial charge in [0.2, 0.25) is 5.91 Å². The van der Waals surface area contributed by atoms with E-state index in [1.807, 2.05) is 0 Å². The Hall–Kier alpha value is -3.17. The van der Waals surface area contributed by atoms with Gasteiger partial charge in [-0.1, -0.05) is 24.0 Å². The Morgan fingerprint density at radius 2 is 2.07 bits per heavy atom. The number of carbonyl (C=O) groups is 2. The highest BCUT2D eigenvalue weighted by Crippen LogP contribution is 2.32. The van der Waals surface area contributed by atoms with Gasteiger partial charge in [-0.05, 0) is 42.8 Å². The van der Waals surface area contributed by atoms with E-state index in [2.05, 4.69) is 5.32 Å². The maximum Gasteiger partial charge on any atom is 0.336 e. The quantitative estimate of drug-likeness (QED) is 0.352. The minimum atomic E-state index is -0.422. The van der Waals surface area contributed by atoms with Gasteiger partial charge in [0, 0.05) is 36.2 Å². The van der Waals surface area contributed by atoms with Crippen LogP contribution in [0.3, 0.4) is 0 Å². The number of thiocarbonyl (C=S) groups is 1. The number of rotatable bonds is 6. The average molecular weight is 441 g/mol. The Bertz CT molecular complexity index is 1210. The van der Waals surface area contributed by atoms with Crippen LogP contribution in [0.4, 0.5) is 5.69 Å². The molecule has 1 aromatic carbocycles. The van der Waals surface area contributed by atoms with Gasteiger partial charge < -0.3 is 14.2 Å². The van der Waals surface area contributed by atoms with Crippen molar-refractivity contribution in [2.75, 3.05) is 11.9 Å². The van der Waals surface area contributed by atoms with E-state index < -0.39 is 5.63 Å². The van der Waals surface area contributed by atoms with Crippen molar-refractivity contribution in [2.45, 2.75) is 12.8 Å². The summed E-state index contributed by atoms with van der Waals surface area (Å²) in [5.41, 5.74) is 0.639. The third-order valence-corrected chi connectivity index (χ3v) is 5.76. The topological polar surface area (TPSA) is 92.8 Å². The highest BCUT2D eigenvalue weighted by molar-refractivity contribution is 8.26. The van der Waals surface area contributed by atoms with Gasteiger partial charge in [-0.2, -0.15) is 0 Å². The molecule has 1 saturated heterocycles.